The Kier molecular flexibility index (Phi) is 9.24. The number of carbonyl (C=O) groups excluding carboxylic acids is 1. The second kappa shape index (κ2) is 12.2. The zero-order valence-corrected chi connectivity index (χ0v) is 23.1. The zero-order valence-electron chi connectivity index (χ0n) is 20.7. The fourth-order valence-corrected chi connectivity index (χ4v) is 7.00. The Balaban J connectivity index is 0.000000617. The number of piperidine rings is 3. The summed E-state index contributed by atoms with van der Waals surface area (Å²) >= 11 is 2.77. The Morgan fingerprint density at radius 3 is 2.13 bits per heavy atom. The maximum absolute atomic E-state index is 13.4. The standard InChI is InChI=1S/C26H30NO4S2.H2O4S/c28-25(26(29,23-9-4-17-32-23)24-10-5-18-33-24)31-22-19-27(14-11-20(22)12-15-27)13-6-16-30-21-7-2-1-3-8-21;1-5(2,3)4/h1-5,7-10,17-18,20,22,29H,6,11-16,19H2;(H2,1,2,3,4)/q+1;/p-1. The lowest BCUT2D eigenvalue weighted by molar-refractivity contribution is -0.946. The third kappa shape index (κ3) is 7.20. The summed E-state index contributed by atoms with van der Waals surface area (Å²) in [7, 11) is -4.92. The SMILES string of the molecule is O=C(OC1C[N+]2(CCCOc3ccccc3)CCC1CC2)C(O)(c1cccs1)c1cccs1.O=S(=O)([O-])O. The zero-order chi connectivity index (χ0) is 27.2. The van der Waals surface area contributed by atoms with Crippen molar-refractivity contribution in [1.29, 1.82) is 0 Å². The summed E-state index contributed by atoms with van der Waals surface area (Å²) in [5, 5.41) is 15.3. The van der Waals surface area contributed by atoms with Crippen LogP contribution in [0, 0.1) is 5.92 Å². The number of hydrogen-bond donors (Lipinski definition) is 2. The minimum atomic E-state index is -4.92. The Labute approximate surface area is 230 Å². The number of fused-ring (bicyclic) bond motifs is 3. The van der Waals surface area contributed by atoms with Gasteiger partial charge in [-0.2, -0.15) is 0 Å². The summed E-state index contributed by atoms with van der Waals surface area (Å²) in [5.41, 5.74) is -1.73. The number of thiophene rings is 2. The van der Waals surface area contributed by atoms with Gasteiger partial charge in [0, 0.05) is 25.2 Å². The van der Waals surface area contributed by atoms with Crippen molar-refractivity contribution in [2.45, 2.75) is 31.0 Å². The van der Waals surface area contributed by atoms with Crippen molar-refractivity contribution in [3.8, 4) is 5.75 Å². The van der Waals surface area contributed by atoms with Gasteiger partial charge in [-0.15, -0.1) is 22.7 Å². The molecule has 1 unspecified atom stereocenters. The van der Waals surface area contributed by atoms with E-state index in [0.29, 0.717) is 22.3 Å². The number of hydrogen-bond acceptors (Lipinski definition) is 9. The number of esters is 1. The molecule has 0 radical (unpaired) electrons. The van der Waals surface area contributed by atoms with Crippen LogP contribution in [0.4, 0.5) is 0 Å². The Hall–Kier alpha value is -2.32. The summed E-state index contributed by atoms with van der Waals surface area (Å²) in [6, 6.07) is 17.3. The molecule has 3 aliphatic rings. The van der Waals surface area contributed by atoms with E-state index < -0.39 is 22.0 Å². The Bertz CT molecular complexity index is 1210. The van der Waals surface area contributed by atoms with Crippen LogP contribution in [-0.2, 0) is 25.5 Å². The molecule has 0 aliphatic carbocycles. The van der Waals surface area contributed by atoms with Crippen LogP contribution >= 0.6 is 22.7 Å². The molecule has 6 rings (SSSR count). The molecule has 3 fully saturated rings. The first-order chi connectivity index (χ1) is 18.1. The van der Waals surface area contributed by atoms with Crippen LogP contribution < -0.4 is 4.74 Å². The second-order valence-electron chi connectivity index (χ2n) is 9.58. The number of para-hydroxylation sites is 1. The van der Waals surface area contributed by atoms with Crippen LogP contribution in [0.5, 0.6) is 5.75 Å². The topological polar surface area (TPSA) is 133 Å². The first-order valence-electron chi connectivity index (χ1n) is 12.3. The van der Waals surface area contributed by atoms with E-state index in [-0.39, 0.29) is 6.10 Å². The molecule has 38 heavy (non-hydrogen) atoms. The van der Waals surface area contributed by atoms with Crippen LogP contribution in [-0.4, -0.2) is 72.0 Å². The molecule has 206 valence electrons. The van der Waals surface area contributed by atoms with Crippen molar-refractivity contribution >= 4 is 39.0 Å². The van der Waals surface area contributed by atoms with Crippen molar-refractivity contribution in [2.75, 3.05) is 32.8 Å². The first kappa shape index (κ1) is 28.7. The van der Waals surface area contributed by atoms with Gasteiger partial charge in [-0.05, 0) is 35.0 Å². The Morgan fingerprint density at radius 1 is 1.03 bits per heavy atom. The minimum Gasteiger partial charge on any atom is -0.726 e. The first-order valence-corrected chi connectivity index (χ1v) is 15.4. The molecule has 5 heterocycles. The molecule has 2 bridgehead atoms. The fourth-order valence-electron chi connectivity index (χ4n) is 5.29. The van der Waals surface area contributed by atoms with E-state index in [1.165, 1.54) is 22.7 Å². The van der Waals surface area contributed by atoms with Crippen LogP contribution in [0.1, 0.15) is 29.0 Å². The number of nitrogens with zero attached hydrogens (tertiary/aromatic N) is 1. The monoisotopic (exact) mass is 581 g/mol. The number of quaternary nitrogens is 1. The molecule has 9 nitrogen and oxygen atoms in total. The molecule has 1 atom stereocenters. The maximum Gasteiger partial charge on any atom is 0.349 e. The highest BCUT2D eigenvalue weighted by atomic mass is 32.3. The van der Waals surface area contributed by atoms with E-state index >= 15 is 0 Å². The van der Waals surface area contributed by atoms with Gasteiger partial charge in [0.2, 0.25) is 16.0 Å². The molecule has 2 N–H and O–H groups in total. The third-order valence-corrected chi connectivity index (χ3v) is 9.10. The lowest BCUT2D eigenvalue weighted by atomic mass is 9.83. The van der Waals surface area contributed by atoms with Crippen LogP contribution in [0.2, 0.25) is 0 Å². The van der Waals surface area contributed by atoms with Gasteiger partial charge >= 0.3 is 5.97 Å². The molecular weight excluding hydrogens is 550 g/mol. The summed E-state index contributed by atoms with van der Waals surface area (Å²) in [6.45, 7) is 4.79. The predicted octanol–water partition coefficient (Wildman–Crippen LogP) is 3.67. The van der Waals surface area contributed by atoms with Gasteiger partial charge in [-0.25, -0.2) is 13.2 Å². The highest BCUT2D eigenvalue weighted by Gasteiger charge is 2.51. The highest BCUT2D eigenvalue weighted by molar-refractivity contribution is 7.79. The average Bonchev–Trinajstić information content (AvgIpc) is 3.62. The van der Waals surface area contributed by atoms with E-state index in [1.807, 2.05) is 65.4 Å². The van der Waals surface area contributed by atoms with E-state index in [1.54, 1.807) is 0 Å². The number of benzene rings is 1. The normalized spacial score (nSPS) is 22.8. The smallest absolute Gasteiger partial charge is 0.349 e. The second-order valence-corrected chi connectivity index (χ2v) is 12.3. The molecule has 0 saturated carbocycles. The van der Waals surface area contributed by atoms with Crippen molar-refractivity contribution in [2.24, 2.45) is 5.92 Å². The molecule has 2 aromatic heterocycles. The number of rotatable bonds is 9. The highest BCUT2D eigenvalue weighted by Crippen LogP contribution is 2.40. The third-order valence-electron chi connectivity index (χ3n) is 7.14. The summed E-state index contributed by atoms with van der Waals surface area (Å²) in [5.74, 6) is 0.741. The minimum absolute atomic E-state index is 0.151. The predicted molar refractivity (Wildman–Crippen MR) is 143 cm³/mol. The average molecular weight is 582 g/mol. The number of carbonyl (C=O) groups is 1. The van der Waals surface area contributed by atoms with Gasteiger partial charge in [0.05, 0.1) is 36.0 Å². The van der Waals surface area contributed by atoms with Gasteiger partial charge in [-0.3, -0.25) is 4.55 Å². The molecule has 1 aromatic carbocycles. The lowest BCUT2D eigenvalue weighted by Gasteiger charge is -2.52. The molecule has 3 aromatic rings. The quantitative estimate of drug-likeness (QED) is 0.129. The van der Waals surface area contributed by atoms with E-state index in [2.05, 4.69) is 0 Å². The molecule has 0 spiro atoms. The summed E-state index contributed by atoms with van der Waals surface area (Å²) in [4.78, 5) is 14.7. The largest absolute Gasteiger partial charge is 0.726 e. The van der Waals surface area contributed by atoms with Crippen molar-refractivity contribution in [3.63, 3.8) is 0 Å². The number of ether oxygens (including phenoxy) is 2. The van der Waals surface area contributed by atoms with E-state index in [0.717, 1.165) is 55.7 Å². The van der Waals surface area contributed by atoms with Gasteiger partial charge < -0.3 is 23.6 Å². The van der Waals surface area contributed by atoms with Crippen LogP contribution in [0.25, 0.3) is 0 Å². The fraction of sp³-hybridized carbons (Fsp3) is 0.423. The maximum atomic E-state index is 13.4. The van der Waals surface area contributed by atoms with Gasteiger partial charge in [0.15, 0.2) is 6.10 Å². The molecular formula is C26H31NO8S3. The molecule has 3 saturated heterocycles. The van der Waals surface area contributed by atoms with Crippen molar-refractivity contribution in [3.05, 3.63) is 75.1 Å². The van der Waals surface area contributed by atoms with Gasteiger partial charge in [0.1, 0.15) is 12.3 Å². The van der Waals surface area contributed by atoms with Crippen molar-refractivity contribution in [1.82, 2.24) is 0 Å². The van der Waals surface area contributed by atoms with Gasteiger partial charge in [-0.1, -0.05) is 30.3 Å². The summed E-state index contributed by atoms with van der Waals surface area (Å²) < 4.78 is 45.8. The van der Waals surface area contributed by atoms with Crippen LogP contribution in [0.3, 0.4) is 0 Å². The molecule has 12 heteroatoms. The van der Waals surface area contributed by atoms with E-state index in [4.69, 9.17) is 27.0 Å². The van der Waals surface area contributed by atoms with E-state index in [9.17, 15) is 9.90 Å². The molecule has 0 amide bonds. The molecule has 3 aliphatic heterocycles. The summed E-state index contributed by atoms with van der Waals surface area (Å²) in [6.07, 6.45) is 2.94. The lowest BCUT2D eigenvalue weighted by Crippen LogP contribution is -2.65. The Morgan fingerprint density at radius 2 is 1.61 bits per heavy atom. The van der Waals surface area contributed by atoms with Crippen LogP contribution in [0.15, 0.2) is 65.4 Å². The van der Waals surface area contributed by atoms with Gasteiger partial charge in [0.25, 0.3) is 0 Å². The van der Waals surface area contributed by atoms with Crippen molar-refractivity contribution < 1.29 is 41.4 Å². The number of aliphatic hydroxyl groups is 1.